The molecule has 1 N–H and O–H groups in total. The van der Waals surface area contributed by atoms with E-state index >= 15 is 0 Å². The van der Waals surface area contributed by atoms with Crippen LogP contribution in [-0.4, -0.2) is 113 Å². The van der Waals surface area contributed by atoms with E-state index in [-0.39, 0.29) is 57.7 Å². The number of aliphatic carboxylic acids is 1. The summed E-state index contributed by atoms with van der Waals surface area (Å²) >= 11 is 0. The topological polar surface area (TPSA) is 155 Å². The number of carboxylic acids is 1. The fraction of sp³-hybridized carbons (Fsp3) is 0.343. The van der Waals surface area contributed by atoms with Gasteiger partial charge in [-0.1, -0.05) is 91.0 Å². The molecule has 2 unspecified atom stereocenters. The molecule has 0 spiro atoms. The maximum absolute atomic E-state index is 12.4. The molecular formula is C35H38N4O10. The molecule has 14 nitrogen and oxygen atoms in total. The van der Waals surface area contributed by atoms with Crippen molar-refractivity contribution in [2.45, 2.75) is 31.9 Å². The fourth-order valence-electron chi connectivity index (χ4n) is 5.46. The van der Waals surface area contributed by atoms with Crippen molar-refractivity contribution in [3.05, 3.63) is 108 Å². The number of hydrogen-bond donors (Lipinski definition) is 1. The second-order valence-corrected chi connectivity index (χ2v) is 11.5. The largest absolute Gasteiger partial charge is 0.480 e. The summed E-state index contributed by atoms with van der Waals surface area (Å²) < 4.78 is 20.7. The minimum Gasteiger partial charge on any atom is -0.480 e. The number of ether oxygens (including phenoxy) is 4. The Morgan fingerprint density at radius 2 is 1.08 bits per heavy atom. The van der Waals surface area contributed by atoms with Crippen LogP contribution in [0.15, 0.2) is 91.0 Å². The average molecular weight is 675 g/mol. The molecular weight excluding hydrogens is 636 g/mol. The van der Waals surface area contributed by atoms with Crippen molar-refractivity contribution in [3.63, 3.8) is 0 Å². The summed E-state index contributed by atoms with van der Waals surface area (Å²) in [6.07, 6.45) is -1.96. The molecule has 0 aromatic heterocycles. The molecule has 2 atom stereocenters. The van der Waals surface area contributed by atoms with Crippen LogP contribution in [0.5, 0.6) is 0 Å². The maximum atomic E-state index is 12.4. The van der Waals surface area contributed by atoms with E-state index in [1.54, 1.807) is 9.80 Å². The van der Waals surface area contributed by atoms with Gasteiger partial charge in [0, 0.05) is 32.7 Å². The number of hydrogen-bond acceptors (Lipinski definition) is 9. The van der Waals surface area contributed by atoms with Crippen LogP contribution < -0.4 is 0 Å². The molecule has 0 bridgehead atoms. The lowest BCUT2D eigenvalue weighted by molar-refractivity contribution is -0.144. The van der Waals surface area contributed by atoms with E-state index in [4.69, 9.17) is 18.9 Å². The molecule has 0 saturated carbocycles. The summed E-state index contributed by atoms with van der Waals surface area (Å²) in [6, 6.07) is 26.6. The zero-order valence-electron chi connectivity index (χ0n) is 26.8. The Bertz CT molecular complexity index is 1580. The number of carbonyl (C=O) groups is 5. The van der Waals surface area contributed by atoms with Crippen LogP contribution in [-0.2, 0) is 43.6 Å². The number of cyclic esters (lactones) is 1. The highest BCUT2D eigenvalue weighted by Gasteiger charge is 2.40. The normalized spacial score (nSPS) is 18.3. The quantitative estimate of drug-likeness (QED) is 0.361. The average Bonchev–Trinajstić information content (AvgIpc) is 3.52. The molecule has 0 aliphatic carbocycles. The summed E-state index contributed by atoms with van der Waals surface area (Å²) in [5, 5.41) is 9.52. The van der Waals surface area contributed by atoms with E-state index in [0.717, 1.165) is 21.6 Å². The Labute approximate surface area is 283 Å². The first-order valence-electron chi connectivity index (χ1n) is 15.8. The Kier molecular flexibility index (Phi) is 11.9. The monoisotopic (exact) mass is 674 g/mol. The first kappa shape index (κ1) is 34.5. The second-order valence-electron chi connectivity index (χ2n) is 11.5. The Balaban J connectivity index is 0.000000204. The van der Waals surface area contributed by atoms with Gasteiger partial charge in [0.25, 0.3) is 0 Å². The smallest absolute Gasteiger partial charge is 0.410 e. The van der Waals surface area contributed by atoms with E-state index in [0.29, 0.717) is 26.2 Å². The van der Waals surface area contributed by atoms with Gasteiger partial charge in [0.2, 0.25) is 0 Å². The number of benzene rings is 3. The van der Waals surface area contributed by atoms with E-state index in [1.165, 1.54) is 4.90 Å². The van der Waals surface area contributed by atoms with Crippen molar-refractivity contribution in [3.8, 4) is 0 Å². The van der Waals surface area contributed by atoms with Crippen molar-refractivity contribution < 1.29 is 48.0 Å². The number of amides is 4. The van der Waals surface area contributed by atoms with Gasteiger partial charge in [-0.25, -0.2) is 24.0 Å². The van der Waals surface area contributed by atoms with Gasteiger partial charge in [0.1, 0.15) is 26.4 Å². The molecule has 3 heterocycles. The third kappa shape index (κ3) is 9.62. The highest BCUT2D eigenvalue weighted by molar-refractivity contribution is 5.82. The molecule has 6 rings (SSSR count). The van der Waals surface area contributed by atoms with Crippen LogP contribution in [0.3, 0.4) is 0 Å². The Morgan fingerprint density at radius 3 is 1.57 bits per heavy atom. The Hall–Kier alpha value is -5.79. The lowest BCUT2D eigenvalue weighted by atomic mass is 10.2. The number of rotatable bonds is 7. The van der Waals surface area contributed by atoms with Crippen molar-refractivity contribution >= 4 is 30.3 Å². The summed E-state index contributed by atoms with van der Waals surface area (Å²) in [7, 11) is 0. The van der Waals surface area contributed by atoms with Gasteiger partial charge in [-0.2, -0.15) is 0 Å². The summed E-state index contributed by atoms with van der Waals surface area (Å²) in [4.78, 5) is 65.4. The van der Waals surface area contributed by atoms with Gasteiger partial charge in [-0.15, -0.1) is 0 Å². The van der Waals surface area contributed by atoms with Crippen LogP contribution in [0.4, 0.5) is 19.2 Å². The van der Waals surface area contributed by atoms with Crippen LogP contribution in [0.1, 0.15) is 16.7 Å². The number of carbonyl (C=O) groups excluding carboxylic acids is 4. The zero-order valence-corrected chi connectivity index (χ0v) is 26.8. The molecule has 49 heavy (non-hydrogen) atoms. The highest BCUT2D eigenvalue weighted by Crippen LogP contribution is 2.19. The van der Waals surface area contributed by atoms with Crippen molar-refractivity contribution in [2.75, 3.05) is 45.9 Å². The fourth-order valence-corrected chi connectivity index (χ4v) is 5.46. The summed E-state index contributed by atoms with van der Waals surface area (Å²) in [5.41, 5.74) is 2.59. The lowest BCUT2D eigenvalue weighted by Crippen LogP contribution is -2.59. The molecule has 3 saturated heterocycles. The van der Waals surface area contributed by atoms with Crippen LogP contribution in [0.25, 0.3) is 0 Å². The van der Waals surface area contributed by atoms with Crippen molar-refractivity contribution in [1.29, 1.82) is 0 Å². The van der Waals surface area contributed by atoms with Crippen LogP contribution in [0.2, 0.25) is 0 Å². The first-order valence-corrected chi connectivity index (χ1v) is 15.8. The van der Waals surface area contributed by atoms with E-state index in [9.17, 15) is 29.1 Å². The minimum atomic E-state index is -1.21. The van der Waals surface area contributed by atoms with E-state index < -0.39 is 24.2 Å². The molecule has 3 aromatic carbocycles. The second kappa shape index (κ2) is 16.9. The molecule has 258 valence electrons. The zero-order chi connectivity index (χ0) is 34.6. The standard InChI is InChI=1S/C21H22N2O6.C14H16N2O4/c24-19(25)18-13-22(20(26)28-14-16-7-3-1-4-8-16)11-12-23(18)21(27)29-15-17-9-5-2-6-10-17;17-13(19-9-11-4-2-1-3-5-11)15-6-7-16-12(8-15)10-20-14(16)18/h1-10,18H,11-15H2,(H,24,25);1-5,12H,6-10H2. The van der Waals surface area contributed by atoms with E-state index in [1.807, 2.05) is 91.0 Å². The van der Waals surface area contributed by atoms with Crippen LogP contribution >= 0.6 is 0 Å². The lowest BCUT2D eigenvalue weighted by Gasteiger charge is -2.37. The van der Waals surface area contributed by atoms with Gasteiger partial charge in [0.15, 0.2) is 6.04 Å². The highest BCUT2D eigenvalue weighted by atomic mass is 16.6. The molecule has 3 aliphatic heterocycles. The summed E-state index contributed by atoms with van der Waals surface area (Å²) in [5.74, 6) is -1.21. The van der Waals surface area contributed by atoms with Crippen molar-refractivity contribution in [1.82, 2.24) is 19.6 Å². The molecule has 3 fully saturated rings. The third-order valence-corrected chi connectivity index (χ3v) is 8.15. The van der Waals surface area contributed by atoms with Gasteiger partial charge in [-0.3, -0.25) is 9.80 Å². The van der Waals surface area contributed by atoms with E-state index in [2.05, 4.69) is 0 Å². The van der Waals surface area contributed by atoms with Gasteiger partial charge >= 0.3 is 30.3 Å². The molecule has 3 aromatic rings. The minimum absolute atomic E-state index is 0.0412. The molecule has 14 heteroatoms. The first-order chi connectivity index (χ1) is 23.8. The predicted octanol–water partition coefficient (Wildman–Crippen LogP) is 4.19. The SMILES string of the molecule is O=C(O)C1CN(C(=O)OCc2ccccc2)CCN1C(=O)OCc1ccccc1.O=C(OCc1ccccc1)N1CCN2C(=O)OCC2C1. The third-order valence-electron chi connectivity index (χ3n) is 8.15. The van der Waals surface area contributed by atoms with Gasteiger partial charge < -0.3 is 33.9 Å². The van der Waals surface area contributed by atoms with Gasteiger partial charge in [-0.05, 0) is 16.7 Å². The predicted molar refractivity (Wildman–Crippen MR) is 173 cm³/mol. The number of carboxylic acid groups (broad SMARTS) is 1. The maximum Gasteiger partial charge on any atom is 0.410 e. The molecule has 0 radical (unpaired) electrons. The molecule has 4 amide bonds. The Morgan fingerprint density at radius 1 is 0.633 bits per heavy atom. The molecule has 3 aliphatic rings. The van der Waals surface area contributed by atoms with Gasteiger partial charge in [0.05, 0.1) is 12.6 Å². The summed E-state index contributed by atoms with van der Waals surface area (Å²) in [6.45, 7) is 2.26. The number of nitrogens with zero attached hydrogens (tertiary/aromatic N) is 4. The number of piperazine rings is 2. The van der Waals surface area contributed by atoms with Crippen molar-refractivity contribution in [2.24, 2.45) is 0 Å². The number of fused-ring (bicyclic) bond motifs is 1. The van der Waals surface area contributed by atoms with Crippen LogP contribution in [0, 0.1) is 0 Å².